The Balaban J connectivity index is 1.84. The maximum Gasteiger partial charge on any atom is 0.251 e. The number of nitrogens with zero attached hydrogens (tertiary/aromatic N) is 2. The molecule has 0 spiro atoms. The summed E-state index contributed by atoms with van der Waals surface area (Å²) >= 11 is 0. The minimum absolute atomic E-state index is 0.0324. The second kappa shape index (κ2) is 7.72. The second-order valence-corrected chi connectivity index (χ2v) is 6.98. The predicted molar refractivity (Wildman–Crippen MR) is 102 cm³/mol. The first-order valence-electron chi connectivity index (χ1n) is 9.29. The number of nitrogen functional groups attached to an aromatic ring is 1. The van der Waals surface area contributed by atoms with Crippen LogP contribution in [0, 0.1) is 6.92 Å². The summed E-state index contributed by atoms with van der Waals surface area (Å²) < 4.78 is 1.69. The van der Waals surface area contributed by atoms with Gasteiger partial charge in [-0.2, -0.15) is 0 Å². The molecule has 0 aliphatic heterocycles. The Labute approximate surface area is 153 Å². The lowest BCUT2D eigenvalue weighted by Gasteiger charge is -2.11. The lowest BCUT2D eigenvalue weighted by atomic mass is 10.1. The molecular weight excluding hydrogens is 328 g/mol. The molecule has 1 amide bonds. The minimum Gasteiger partial charge on any atom is -0.383 e. The molecule has 0 radical (unpaired) electrons. The molecule has 3 rings (SSSR count). The summed E-state index contributed by atoms with van der Waals surface area (Å²) in [4.78, 5) is 28.9. The number of hydrogen-bond donors (Lipinski definition) is 2. The van der Waals surface area contributed by atoms with Crippen molar-refractivity contribution < 1.29 is 9.59 Å². The number of imidazole rings is 1. The Kier molecular flexibility index (Phi) is 5.40. The topological polar surface area (TPSA) is 90.0 Å². The van der Waals surface area contributed by atoms with Crippen LogP contribution in [0.5, 0.6) is 0 Å². The molecule has 1 aromatic heterocycles. The van der Waals surface area contributed by atoms with Crippen LogP contribution >= 0.6 is 0 Å². The van der Waals surface area contributed by atoms with E-state index in [-0.39, 0.29) is 11.7 Å². The zero-order chi connectivity index (χ0) is 18.7. The summed E-state index contributed by atoms with van der Waals surface area (Å²) in [5.74, 6) is 0.215. The first-order chi connectivity index (χ1) is 12.5. The van der Waals surface area contributed by atoms with Crippen LogP contribution in [-0.2, 0) is 0 Å². The van der Waals surface area contributed by atoms with E-state index in [0.29, 0.717) is 29.5 Å². The summed E-state index contributed by atoms with van der Waals surface area (Å²) in [5.41, 5.74) is 8.83. The van der Waals surface area contributed by atoms with Crippen molar-refractivity contribution in [1.29, 1.82) is 0 Å². The summed E-state index contributed by atoms with van der Waals surface area (Å²) in [7, 11) is 0. The van der Waals surface area contributed by atoms with Crippen molar-refractivity contribution in [2.45, 2.75) is 58.4 Å². The van der Waals surface area contributed by atoms with Crippen molar-refractivity contribution in [2.24, 2.45) is 0 Å². The smallest absolute Gasteiger partial charge is 0.251 e. The average molecular weight is 354 g/mol. The van der Waals surface area contributed by atoms with Crippen LogP contribution in [0.4, 0.5) is 5.82 Å². The van der Waals surface area contributed by atoms with Gasteiger partial charge in [0.1, 0.15) is 17.8 Å². The number of ketones is 1. The molecule has 0 bridgehead atoms. The number of carbonyl (C=O) groups is 2. The lowest BCUT2D eigenvalue weighted by molar-refractivity contribution is 0.0948. The summed E-state index contributed by atoms with van der Waals surface area (Å²) in [6.45, 7) is 4.04. The molecule has 2 aromatic rings. The van der Waals surface area contributed by atoms with Gasteiger partial charge in [-0.05, 0) is 43.9 Å². The van der Waals surface area contributed by atoms with Crippen molar-refractivity contribution in [3.05, 3.63) is 41.3 Å². The Morgan fingerprint density at radius 3 is 2.77 bits per heavy atom. The Hall–Kier alpha value is -2.63. The van der Waals surface area contributed by atoms with Gasteiger partial charge in [-0.1, -0.05) is 25.8 Å². The second-order valence-electron chi connectivity index (χ2n) is 6.98. The van der Waals surface area contributed by atoms with E-state index in [1.54, 1.807) is 23.0 Å². The molecule has 1 aliphatic carbocycles. The molecule has 1 fully saturated rings. The van der Waals surface area contributed by atoms with E-state index in [2.05, 4.69) is 17.2 Å². The fourth-order valence-electron chi connectivity index (χ4n) is 2.93. The maximum atomic E-state index is 12.4. The highest BCUT2D eigenvalue weighted by molar-refractivity contribution is 5.99. The van der Waals surface area contributed by atoms with E-state index in [9.17, 15) is 9.59 Å². The number of anilines is 1. The van der Waals surface area contributed by atoms with Crippen LogP contribution < -0.4 is 11.1 Å². The molecule has 6 nitrogen and oxygen atoms in total. The van der Waals surface area contributed by atoms with Crippen LogP contribution in [0.1, 0.15) is 71.9 Å². The highest BCUT2D eigenvalue weighted by Gasteiger charge is 2.24. The van der Waals surface area contributed by atoms with Gasteiger partial charge in [0.25, 0.3) is 5.91 Å². The maximum absolute atomic E-state index is 12.4. The predicted octanol–water partition coefficient (Wildman–Crippen LogP) is 3.42. The third-order valence-electron chi connectivity index (χ3n) is 4.72. The first kappa shape index (κ1) is 18.2. The summed E-state index contributed by atoms with van der Waals surface area (Å²) in [6, 6.07) is 5.80. The first-order valence-corrected chi connectivity index (χ1v) is 9.29. The van der Waals surface area contributed by atoms with Crippen molar-refractivity contribution in [2.75, 3.05) is 5.73 Å². The zero-order valence-electron chi connectivity index (χ0n) is 15.4. The quantitative estimate of drug-likeness (QED) is 0.561. The fourth-order valence-corrected chi connectivity index (χ4v) is 2.93. The molecule has 1 heterocycles. The van der Waals surface area contributed by atoms with Crippen molar-refractivity contribution in [3.63, 3.8) is 0 Å². The number of rotatable bonds is 8. The van der Waals surface area contributed by atoms with Crippen LogP contribution in [0.2, 0.25) is 0 Å². The van der Waals surface area contributed by atoms with Gasteiger partial charge in [0.05, 0.1) is 5.69 Å². The van der Waals surface area contributed by atoms with E-state index >= 15 is 0 Å². The molecule has 0 unspecified atom stereocenters. The van der Waals surface area contributed by atoms with Crippen LogP contribution in [0.15, 0.2) is 24.5 Å². The van der Waals surface area contributed by atoms with E-state index < -0.39 is 0 Å². The van der Waals surface area contributed by atoms with Gasteiger partial charge in [0, 0.05) is 18.0 Å². The Bertz CT molecular complexity index is 821. The molecule has 138 valence electrons. The molecule has 1 aromatic carbocycles. The largest absolute Gasteiger partial charge is 0.383 e. The molecule has 1 aliphatic rings. The molecule has 26 heavy (non-hydrogen) atoms. The lowest BCUT2D eigenvalue weighted by Crippen LogP contribution is -2.25. The number of nitrogens with one attached hydrogen (secondary N) is 1. The van der Waals surface area contributed by atoms with Gasteiger partial charge >= 0.3 is 0 Å². The zero-order valence-corrected chi connectivity index (χ0v) is 15.4. The van der Waals surface area contributed by atoms with Crippen molar-refractivity contribution >= 4 is 17.5 Å². The van der Waals surface area contributed by atoms with Gasteiger partial charge in [-0.15, -0.1) is 0 Å². The van der Waals surface area contributed by atoms with E-state index in [0.717, 1.165) is 43.4 Å². The molecule has 0 atom stereocenters. The number of Topliss-reactive ketones (excluding diaryl/α,β-unsaturated/α-hetero) is 1. The summed E-state index contributed by atoms with van der Waals surface area (Å²) in [5, 5.41) is 2.99. The number of amides is 1. The number of hydrogen-bond acceptors (Lipinski definition) is 4. The highest BCUT2D eigenvalue weighted by Crippen LogP contribution is 2.24. The third-order valence-corrected chi connectivity index (χ3v) is 4.72. The fraction of sp³-hybridized carbons (Fsp3) is 0.450. The SMILES string of the molecule is CCCCCC(=O)c1ncn(-c2cc(C(=O)NC3CC3)ccc2C)c1N. The van der Waals surface area contributed by atoms with Gasteiger partial charge < -0.3 is 11.1 Å². The standard InChI is InChI=1S/C20H26N4O2/c1-3-4-5-6-17(25)18-19(21)24(12-22-18)16-11-14(8-7-13(16)2)20(26)23-15-9-10-15/h7-8,11-12,15H,3-6,9-10,21H2,1-2H3,(H,23,26). The summed E-state index contributed by atoms with van der Waals surface area (Å²) in [6.07, 6.45) is 7.03. The van der Waals surface area contributed by atoms with Crippen molar-refractivity contribution in [3.8, 4) is 5.69 Å². The number of benzene rings is 1. The van der Waals surface area contributed by atoms with Gasteiger partial charge in [0.2, 0.25) is 0 Å². The normalized spacial score (nSPS) is 13.6. The Morgan fingerprint density at radius 1 is 1.31 bits per heavy atom. The third kappa shape index (κ3) is 3.95. The van der Waals surface area contributed by atoms with E-state index in [1.165, 1.54) is 0 Å². The molecule has 1 saturated carbocycles. The van der Waals surface area contributed by atoms with Crippen LogP contribution in [0.25, 0.3) is 5.69 Å². The average Bonchev–Trinajstić information content (AvgIpc) is 3.35. The molecule has 6 heteroatoms. The van der Waals surface area contributed by atoms with Gasteiger partial charge in [-0.25, -0.2) is 4.98 Å². The number of aromatic nitrogens is 2. The van der Waals surface area contributed by atoms with Crippen LogP contribution in [-0.4, -0.2) is 27.3 Å². The van der Waals surface area contributed by atoms with E-state index in [4.69, 9.17) is 5.73 Å². The van der Waals surface area contributed by atoms with Crippen molar-refractivity contribution in [1.82, 2.24) is 14.9 Å². The monoisotopic (exact) mass is 354 g/mol. The van der Waals surface area contributed by atoms with Gasteiger partial charge in [-0.3, -0.25) is 14.2 Å². The Morgan fingerprint density at radius 2 is 2.08 bits per heavy atom. The van der Waals surface area contributed by atoms with E-state index in [1.807, 2.05) is 13.0 Å². The van der Waals surface area contributed by atoms with Crippen LogP contribution in [0.3, 0.4) is 0 Å². The number of aryl methyl sites for hydroxylation is 1. The minimum atomic E-state index is -0.0803. The van der Waals surface area contributed by atoms with Gasteiger partial charge in [0.15, 0.2) is 5.78 Å². The molecule has 0 saturated heterocycles. The molecular formula is C20H26N4O2. The number of unbranched alkanes of at least 4 members (excludes halogenated alkanes) is 2. The highest BCUT2D eigenvalue weighted by atomic mass is 16.1. The number of carbonyl (C=O) groups excluding carboxylic acids is 2. The molecule has 3 N–H and O–H groups in total. The number of nitrogens with two attached hydrogens (primary N) is 1.